The lowest BCUT2D eigenvalue weighted by Gasteiger charge is -2.31. The molecule has 3 aromatic rings. The minimum absolute atomic E-state index is 0.0258. The molecule has 0 aliphatic carbocycles. The summed E-state index contributed by atoms with van der Waals surface area (Å²) < 4.78 is 40.9. The highest BCUT2D eigenvalue weighted by atomic mass is 32.2. The first-order valence-electron chi connectivity index (χ1n) is 11.1. The van der Waals surface area contributed by atoms with Gasteiger partial charge in [-0.05, 0) is 36.1 Å². The molecule has 0 saturated carbocycles. The highest BCUT2D eigenvalue weighted by Crippen LogP contribution is 2.27. The maximum Gasteiger partial charge on any atom is 0.245 e. The lowest BCUT2D eigenvalue weighted by atomic mass is 9.90. The molecule has 0 spiro atoms. The number of sulfonamides is 1. The lowest BCUT2D eigenvalue weighted by Crippen LogP contribution is -2.43. The Morgan fingerprint density at radius 1 is 0.879 bits per heavy atom. The van der Waals surface area contributed by atoms with Gasteiger partial charge in [0.1, 0.15) is 10.7 Å². The highest BCUT2D eigenvalue weighted by Gasteiger charge is 2.33. The molecule has 4 rings (SSSR count). The zero-order valence-corrected chi connectivity index (χ0v) is 19.0. The van der Waals surface area contributed by atoms with E-state index >= 15 is 0 Å². The van der Waals surface area contributed by atoms with Gasteiger partial charge >= 0.3 is 0 Å². The molecule has 0 bridgehead atoms. The predicted octanol–water partition coefficient (Wildman–Crippen LogP) is 4.17. The van der Waals surface area contributed by atoms with E-state index in [4.69, 9.17) is 0 Å². The van der Waals surface area contributed by atoms with Crippen LogP contribution in [0.3, 0.4) is 0 Å². The third-order valence-electron chi connectivity index (χ3n) is 6.16. The van der Waals surface area contributed by atoms with Crippen molar-refractivity contribution < 1.29 is 17.6 Å². The molecular formula is C26H27FN2O3S. The van der Waals surface area contributed by atoms with Crippen LogP contribution in [0, 0.1) is 11.7 Å². The number of piperidine rings is 1. The van der Waals surface area contributed by atoms with E-state index in [-0.39, 0.29) is 35.7 Å². The van der Waals surface area contributed by atoms with E-state index in [1.54, 1.807) is 0 Å². The van der Waals surface area contributed by atoms with E-state index in [2.05, 4.69) is 29.6 Å². The van der Waals surface area contributed by atoms with Crippen molar-refractivity contribution in [3.8, 4) is 0 Å². The zero-order chi connectivity index (χ0) is 23.3. The second-order valence-corrected chi connectivity index (χ2v) is 10.1. The first-order chi connectivity index (χ1) is 16.0. The van der Waals surface area contributed by atoms with E-state index in [9.17, 15) is 17.6 Å². The Bertz CT molecular complexity index is 1140. The number of hydrogen-bond donors (Lipinski definition) is 1. The van der Waals surface area contributed by atoms with Crippen LogP contribution in [0.2, 0.25) is 0 Å². The number of carbonyl (C=O) groups is 1. The molecule has 3 aromatic carbocycles. The van der Waals surface area contributed by atoms with Crippen molar-refractivity contribution in [3.63, 3.8) is 0 Å². The van der Waals surface area contributed by atoms with Gasteiger partial charge < -0.3 is 5.32 Å². The molecule has 1 fully saturated rings. The predicted molar refractivity (Wildman–Crippen MR) is 126 cm³/mol. The molecule has 33 heavy (non-hydrogen) atoms. The second-order valence-electron chi connectivity index (χ2n) is 8.23. The first-order valence-corrected chi connectivity index (χ1v) is 12.5. The van der Waals surface area contributed by atoms with E-state index in [1.165, 1.54) is 22.5 Å². The van der Waals surface area contributed by atoms with Crippen LogP contribution in [0.5, 0.6) is 0 Å². The van der Waals surface area contributed by atoms with Crippen molar-refractivity contribution >= 4 is 15.9 Å². The molecule has 172 valence electrons. The molecule has 0 unspecified atom stereocenters. The fourth-order valence-corrected chi connectivity index (χ4v) is 5.83. The van der Waals surface area contributed by atoms with Crippen LogP contribution in [0.4, 0.5) is 4.39 Å². The largest absolute Gasteiger partial charge is 0.355 e. The molecule has 1 amide bonds. The van der Waals surface area contributed by atoms with Crippen LogP contribution < -0.4 is 5.32 Å². The normalized spacial score (nSPS) is 15.5. The smallest absolute Gasteiger partial charge is 0.245 e. The third kappa shape index (κ3) is 5.31. The van der Waals surface area contributed by atoms with Crippen molar-refractivity contribution in [1.29, 1.82) is 0 Å². The molecular weight excluding hydrogens is 439 g/mol. The number of nitrogens with zero attached hydrogens (tertiary/aromatic N) is 1. The average Bonchev–Trinajstić information content (AvgIpc) is 2.85. The minimum atomic E-state index is -3.91. The van der Waals surface area contributed by atoms with Crippen molar-refractivity contribution in [2.24, 2.45) is 5.92 Å². The molecule has 1 saturated heterocycles. The lowest BCUT2D eigenvalue weighted by molar-refractivity contribution is -0.126. The molecule has 0 radical (unpaired) electrons. The summed E-state index contributed by atoms with van der Waals surface area (Å²) in [5.41, 5.74) is 2.24. The van der Waals surface area contributed by atoms with E-state index < -0.39 is 15.8 Å². The van der Waals surface area contributed by atoms with Gasteiger partial charge in [-0.1, -0.05) is 72.8 Å². The number of amides is 1. The number of benzene rings is 3. The minimum Gasteiger partial charge on any atom is -0.355 e. The molecule has 0 atom stereocenters. The Hall–Kier alpha value is -3.03. The number of nitrogens with one attached hydrogen (secondary N) is 1. The average molecular weight is 467 g/mol. The summed E-state index contributed by atoms with van der Waals surface area (Å²) in [5.74, 6) is -1.08. The number of rotatable bonds is 7. The molecule has 1 N–H and O–H groups in total. The van der Waals surface area contributed by atoms with E-state index in [0.717, 1.165) is 17.2 Å². The van der Waals surface area contributed by atoms with Crippen molar-refractivity contribution in [2.75, 3.05) is 19.6 Å². The fraction of sp³-hybridized carbons (Fsp3) is 0.269. The van der Waals surface area contributed by atoms with Crippen LogP contribution in [0.25, 0.3) is 0 Å². The fourth-order valence-electron chi connectivity index (χ4n) is 4.30. The Morgan fingerprint density at radius 2 is 1.39 bits per heavy atom. The molecule has 1 heterocycles. The van der Waals surface area contributed by atoms with Crippen molar-refractivity contribution in [2.45, 2.75) is 23.7 Å². The van der Waals surface area contributed by atoms with E-state index in [0.29, 0.717) is 19.4 Å². The van der Waals surface area contributed by atoms with Gasteiger partial charge in [0, 0.05) is 31.5 Å². The Balaban J connectivity index is 1.38. The van der Waals surface area contributed by atoms with Crippen molar-refractivity contribution in [1.82, 2.24) is 9.62 Å². The van der Waals surface area contributed by atoms with Gasteiger partial charge in [-0.3, -0.25) is 4.79 Å². The maximum atomic E-state index is 14.0. The van der Waals surface area contributed by atoms with Gasteiger partial charge in [-0.15, -0.1) is 0 Å². The van der Waals surface area contributed by atoms with Gasteiger partial charge in [0.25, 0.3) is 0 Å². The quantitative estimate of drug-likeness (QED) is 0.568. The van der Waals surface area contributed by atoms with Gasteiger partial charge in [-0.25, -0.2) is 12.8 Å². The van der Waals surface area contributed by atoms with Crippen LogP contribution >= 0.6 is 0 Å². The van der Waals surface area contributed by atoms with Crippen molar-refractivity contribution in [3.05, 3.63) is 102 Å². The summed E-state index contributed by atoms with van der Waals surface area (Å²) in [6.07, 6.45) is 0.807. The number of hydrogen-bond acceptors (Lipinski definition) is 3. The number of halogens is 1. The van der Waals surface area contributed by atoms with E-state index in [1.807, 2.05) is 36.4 Å². The summed E-state index contributed by atoms with van der Waals surface area (Å²) >= 11 is 0. The maximum absolute atomic E-state index is 14.0. The molecule has 1 aliphatic rings. The summed E-state index contributed by atoms with van der Waals surface area (Å²) in [4.78, 5) is 12.6. The van der Waals surface area contributed by atoms with Gasteiger partial charge in [-0.2, -0.15) is 4.31 Å². The van der Waals surface area contributed by atoms with Gasteiger partial charge in [0.05, 0.1) is 0 Å². The molecule has 5 nitrogen and oxygen atoms in total. The topological polar surface area (TPSA) is 66.5 Å². The van der Waals surface area contributed by atoms with Crippen LogP contribution in [-0.4, -0.2) is 38.3 Å². The van der Waals surface area contributed by atoms with Crippen LogP contribution in [0.1, 0.15) is 29.9 Å². The highest BCUT2D eigenvalue weighted by molar-refractivity contribution is 7.89. The molecule has 0 aromatic heterocycles. The Kier molecular flexibility index (Phi) is 7.20. The zero-order valence-electron chi connectivity index (χ0n) is 18.2. The number of carbonyl (C=O) groups excluding carboxylic acids is 1. The molecule has 7 heteroatoms. The second kappa shape index (κ2) is 10.3. The first kappa shape index (κ1) is 23.1. The summed E-state index contributed by atoms with van der Waals surface area (Å²) in [7, 11) is -3.91. The molecule has 1 aliphatic heterocycles. The van der Waals surface area contributed by atoms with Gasteiger partial charge in [0.15, 0.2) is 0 Å². The monoisotopic (exact) mass is 466 g/mol. The Morgan fingerprint density at radius 3 is 1.94 bits per heavy atom. The Labute approximate surface area is 194 Å². The third-order valence-corrected chi connectivity index (χ3v) is 8.10. The van der Waals surface area contributed by atoms with Crippen LogP contribution in [0.15, 0.2) is 89.8 Å². The SMILES string of the molecule is O=C(NCC(c1ccccc1)c1ccccc1)C1CCN(S(=O)(=O)c2ccccc2F)CC1. The summed E-state index contributed by atoms with van der Waals surface area (Å²) in [6, 6.07) is 25.5. The standard InChI is InChI=1S/C26H27FN2O3S/c27-24-13-7-8-14-25(24)33(31,32)29-17-15-22(16-18-29)26(30)28-19-23(20-9-3-1-4-10-20)21-11-5-2-6-12-21/h1-14,22-23H,15-19H2,(H,28,30). The van der Waals surface area contributed by atoms with Crippen LogP contribution in [-0.2, 0) is 14.8 Å². The van der Waals surface area contributed by atoms with Gasteiger partial charge in [0.2, 0.25) is 15.9 Å². The summed E-state index contributed by atoms with van der Waals surface area (Å²) in [6.45, 7) is 0.839. The summed E-state index contributed by atoms with van der Waals surface area (Å²) in [5, 5.41) is 3.08.